The van der Waals surface area contributed by atoms with E-state index < -0.39 is 26.8 Å². The molecule has 2 heterocycles. The predicted molar refractivity (Wildman–Crippen MR) is 129 cm³/mol. The van der Waals surface area contributed by atoms with Crippen LogP contribution in [0.2, 0.25) is 5.02 Å². The zero-order valence-electron chi connectivity index (χ0n) is 19.0. The minimum atomic E-state index is -3.40. The Morgan fingerprint density at radius 3 is 2.37 bits per heavy atom. The molecule has 8 nitrogen and oxygen atoms in total. The fourth-order valence-electron chi connectivity index (χ4n) is 3.13. The SMILES string of the molecule is Cc1ccc(S(=O)(=O)[I-]c2ccc(Oc3ccc(Cl)c(NC(=O)c4cc(C)nn4C)c3)cn2)cc1. The van der Waals surface area contributed by atoms with Crippen LogP contribution >= 0.6 is 11.6 Å². The number of benzene rings is 2. The molecule has 2 aromatic heterocycles. The molecule has 0 saturated carbocycles. The van der Waals surface area contributed by atoms with Gasteiger partial charge in [-0.15, -0.1) is 0 Å². The van der Waals surface area contributed by atoms with Crippen LogP contribution < -0.4 is 29.9 Å². The van der Waals surface area contributed by atoms with Crippen LogP contribution in [0.25, 0.3) is 0 Å². The second kappa shape index (κ2) is 10.3. The van der Waals surface area contributed by atoms with E-state index in [0.717, 1.165) is 11.3 Å². The van der Waals surface area contributed by atoms with Crippen LogP contribution in [0, 0.1) is 17.5 Å². The maximum atomic E-state index is 12.7. The number of halogens is 2. The van der Waals surface area contributed by atoms with Crippen molar-refractivity contribution in [2.45, 2.75) is 18.7 Å². The Balaban J connectivity index is 1.45. The van der Waals surface area contributed by atoms with Gasteiger partial charge in [0.15, 0.2) is 0 Å². The molecule has 11 heteroatoms. The molecular weight excluding hydrogens is 603 g/mol. The van der Waals surface area contributed by atoms with Crippen molar-refractivity contribution in [2.24, 2.45) is 7.05 Å². The van der Waals surface area contributed by atoms with Gasteiger partial charge in [0.05, 0.1) is 5.69 Å². The summed E-state index contributed by atoms with van der Waals surface area (Å²) < 4.78 is 33.2. The van der Waals surface area contributed by atoms with Gasteiger partial charge >= 0.3 is 193 Å². The topological polar surface area (TPSA) is 103 Å². The third-order valence-corrected chi connectivity index (χ3v) is 11.6. The Hall–Kier alpha value is -2.96. The van der Waals surface area contributed by atoms with Gasteiger partial charge in [-0.05, 0) is 6.92 Å². The summed E-state index contributed by atoms with van der Waals surface area (Å²) in [4.78, 5) is 17.2. The Morgan fingerprint density at radius 1 is 1.03 bits per heavy atom. The summed E-state index contributed by atoms with van der Waals surface area (Å²) in [5, 5.41) is 7.30. The number of hydrogen-bond donors (Lipinski definition) is 1. The molecule has 0 bridgehead atoms. The van der Waals surface area contributed by atoms with Gasteiger partial charge in [-0.2, -0.15) is 5.10 Å². The number of aromatic nitrogens is 3. The molecule has 4 rings (SSSR count). The van der Waals surface area contributed by atoms with E-state index in [1.807, 2.05) is 6.92 Å². The van der Waals surface area contributed by atoms with Gasteiger partial charge in [0, 0.05) is 7.05 Å². The normalized spacial score (nSPS) is 11.4. The number of aryl methyl sites for hydroxylation is 3. The number of hydrogen-bond acceptors (Lipinski definition) is 6. The zero-order chi connectivity index (χ0) is 25.2. The number of nitrogens with zero attached hydrogens (tertiary/aromatic N) is 3. The first-order valence-corrected chi connectivity index (χ1v) is 15.8. The van der Waals surface area contributed by atoms with Crippen LogP contribution in [0.4, 0.5) is 5.69 Å². The van der Waals surface area contributed by atoms with E-state index in [-0.39, 0.29) is 5.91 Å². The molecule has 1 N–H and O–H groups in total. The number of nitrogens with one attached hydrogen (secondary N) is 1. The van der Waals surface area contributed by atoms with E-state index in [1.165, 1.54) is 10.9 Å². The Labute approximate surface area is 216 Å². The first-order valence-electron chi connectivity index (χ1n) is 10.3. The summed E-state index contributed by atoms with van der Waals surface area (Å²) in [7, 11) is -1.71. The molecule has 0 atom stereocenters. The molecule has 35 heavy (non-hydrogen) atoms. The molecule has 0 unspecified atom stereocenters. The number of ether oxygens (including phenoxy) is 1. The third kappa shape index (κ3) is 6.19. The van der Waals surface area contributed by atoms with Crippen LogP contribution in [0.5, 0.6) is 11.5 Å². The summed E-state index contributed by atoms with van der Waals surface area (Å²) in [6.45, 7) is 3.71. The molecule has 4 aromatic rings. The minimum absolute atomic E-state index is 0.301. The van der Waals surface area contributed by atoms with Crippen molar-refractivity contribution in [1.29, 1.82) is 0 Å². The van der Waals surface area contributed by atoms with Gasteiger partial charge in [0.1, 0.15) is 0 Å². The quantitative estimate of drug-likeness (QED) is 0.191. The van der Waals surface area contributed by atoms with Crippen LogP contribution in [0.1, 0.15) is 21.7 Å². The number of rotatable bonds is 7. The Bertz CT molecular complexity index is 1490. The second-order valence-electron chi connectivity index (χ2n) is 7.64. The van der Waals surface area contributed by atoms with E-state index in [4.69, 9.17) is 16.3 Å². The second-order valence-corrected chi connectivity index (χ2v) is 15.5. The Kier molecular flexibility index (Phi) is 7.43. The first kappa shape index (κ1) is 25.1. The van der Waals surface area contributed by atoms with Gasteiger partial charge in [0.25, 0.3) is 0 Å². The number of amides is 1. The Morgan fingerprint density at radius 2 is 1.74 bits per heavy atom. The van der Waals surface area contributed by atoms with Gasteiger partial charge in [0.2, 0.25) is 0 Å². The van der Waals surface area contributed by atoms with Gasteiger partial charge in [-0.25, -0.2) is 0 Å². The van der Waals surface area contributed by atoms with Gasteiger partial charge in [-0.3, -0.25) is 0 Å². The van der Waals surface area contributed by atoms with Crippen molar-refractivity contribution in [1.82, 2.24) is 14.8 Å². The summed E-state index contributed by atoms with van der Waals surface area (Å²) >= 11 is 4.87. The van der Waals surface area contributed by atoms with Crippen LogP contribution in [0.15, 0.2) is 71.8 Å². The van der Waals surface area contributed by atoms with E-state index in [2.05, 4.69) is 15.4 Å². The van der Waals surface area contributed by atoms with Crippen LogP contribution in [-0.2, 0) is 14.1 Å². The summed E-state index contributed by atoms with van der Waals surface area (Å²) in [5.74, 6) is 0.506. The monoisotopic (exact) mass is 623 g/mol. The molecule has 0 aliphatic heterocycles. The molecule has 0 spiro atoms. The van der Waals surface area contributed by atoms with Crippen molar-refractivity contribution >= 4 is 30.2 Å². The van der Waals surface area contributed by atoms with Crippen LogP contribution in [-0.4, -0.2) is 29.1 Å². The van der Waals surface area contributed by atoms with E-state index in [1.54, 1.807) is 74.6 Å². The standard InChI is InChI=1S/C24H21ClIN4O4S/c1-15-4-8-19(9-5-15)35(32,33)26-23-11-7-18(14-27-23)34-17-6-10-20(25)21(13-17)28-24(31)22-12-16(2)29-30(22)3/h4-14H,1-3H3,(H,28,31)/q-1. The molecular formula is C24H21ClIN4O4S-. The fourth-order valence-corrected chi connectivity index (χ4v) is 8.67. The number of carbonyl (C=O) groups is 1. The van der Waals surface area contributed by atoms with Crippen molar-refractivity contribution in [3.8, 4) is 11.5 Å². The maximum absolute atomic E-state index is 12.7. The summed E-state index contributed by atoms with van der Waals surface area (Å²) in [5.41, 5.74) is 2.51. The number of carbonyl (C=O) groups excluding carboxylic acids is 1. The average molecular weight is 624 g/mol. The molecule has 0 saturated heterocycles. The van der Waals surface area contributed by atoms with Gasteiger partial charge < -0.3 is 0 Å². The van der Waals surface area contributed by atoms with Crippen LogP contribution in [0.3, 0.4) is 0 Å². The first-order chi connectivity index (χ1) is 16.6. The number of anilines is 1. The molecule has 0 radical (unpaired) electrons. The number of pyridine rings is 1. The molecule has 0 fully saturated rings. The van der Waals surface area contributed by atoms with Crippen molar-refractivity contribution in [3.05, 3.63) is 92.5 Å². The van der Waals surface area contributed by atoms with Crippen molar-refractivity contribution in [2.75, 3.05) is 5.32 Å². The van der Waals surface area contributed by atoms with Crippen molar-refractivity contribution in [3.63, 3.8) is 0 Å². The van der Waals surface area contributed by atoms with Gasteiger partial charge in [-0.1, -0.05) is 0 Å². The third-order valence-electron chi connectivity index (χ3n) is 4.84. The molecule has 1 amide bonds. The predicted octanol–water partition coefficient (Wildman–Crippen LogP) is 1.78. The molecule has 0 aliphatic carbocycles. The molecule has 2 aromatic carbocycles. The summed E-state index contributed by atoms with van der Waals surface area (Å²) in [6.07, 6.45) is 1.48. The molecule has 0 aliphatic rings. The average Bonchev–Trinajstić information content (AvgIpc) is 3.15. The fraction of sp³-hybridized carbons (Fsp3) is 0.125. The van der Waals surface area contributed by atoms with Crippen molar-refractivity contribution < 1.29 is 37.8 Å². The van der Waals surface area contributed by atoms with E-state index >= 15 is 0 Å². The van der Waals surface area contributed by atoms with E-state index in [9.17, 15) is 13.2 Å². The summed E-state index contributed by atoms with van der Waals surface area (Å²) in [6, 6.07) is 16.7. The zero-order valence-corrected chi connectivity index (χ0v) is 22.7. The molecule has 182 valence electrons. The van der Waals surface area contributed by atoms with E-state index in [0.29, 0.717) is 36.5 Å².